The highest BCUT2D eigenvalue weighted by Gasteiger charge is 2.42. The van der Waals surface area contributed by atoms with Gasteiger partial charge in [-0.05, 0) is 75.3 Å². The van der Waals surface area contributed by atoms with E-state index in [0.717, 1.165) is 49.0 Å². The number of nitrogens with two attached hydrogens (primary N) is 1. The van der Waals surface area contributed by atoms with Crippen molar-refractivity contribution in [3.63, 3.8) is 0 Å². The Balaban J connectivity index is 1.27. The van der Waals surface area contributed by atoms with Crippen LogP contribution in [-0.4, -0.2) is 52.0 Å². The molecule has 3 aliphatic rings. The third-order valence-corrected chi connectivity index (χ3v) is 9.41. The summed E-state index contributed by atoms with van der Waals surface area (Å²) in [6.45, 7) is 10.3. The van der Waals surface area contributed by atoms with E-state index in [2.05, 4.69) is 32.9 Å². The van der Waals surface area contributed by atoms with Crippen LogP contribution in [0.5, 0.6) is 11.5 Å². The summed E-state index contributed by atoms with van der Waals surface area (Å²) in [5, 5.41) is 10.8. The van der Waals surface area contributed by atoms with Crippen LogP contribution in [-0.2, 0) is 11.2 Å². The van der Waals surface area contributed by atoms with Crippen LogP contribution in [0.25, 0.3) is 0 Å². The van der Waals surface area contributed by atoms with Crippen LogP contribution in [0.4, 0.5) is 0 Å². The lowest BCUT2D eigenvalue weighted by molar-refractivity contribution is -0.132. The maximum absolute atomic E-state index is 13.7. The van der Waals surface area contributed by atoms with Crippen molar-refractivity contribution in [1.29, 1.82) is 0 Å². The number of hydrogen-bond donors (Lipinski definition) is 2. The number of amides is 1. The van der Waals surface area contributed by atoms with Gasteiger partial charge in [-0.15, -0.1) is 0 Å². The molecular formula is C34H45N3O5. The molecule has 0 bridgehead atoms. The van der Waals surface area contributed by atoms with Crippen LogP contribution in [0, 0.1) is 5.92 Å². The van der Waals surface area contributed by atoms with E-state index in [1.165, 1.54) is 12.5 Å². The van der Waals surface area contributed by atoms with Crippen molar-refractivity contribution >= 4 is 17.6 Å². The summed E-state index contributed by atoms with van der Waals surface area (Å²) in [6, 6.07) is 11.4. The monoisotopic (exact) mass is 575 g/mol. The number of aliphatic imine (C=N–C) groups is 1. The third kappa shape index (κ3) is 5.78. The summed E-state index contributed by atoms with van der Waals surface area (Å²) >= 11 is 0. The number of aliphatic hydroxyl groups is 1. The van der Waals surface area contributed by atoms with Crippen LogP contribution in [0.3, 0.4) is 0 Å². The molecule has 0 aromatic heterocycles. The average molecular weight is 576 g/mol. The number of unbranched alkanes of at least 4 members (excludes halogenated alkanes) is 1. The molecule has 8 nitrogen and oxygen atoms in total. The molecule has 0 radical (unpaired) electrons. The number of nitrogens with zero attached hydrogens (tertiary/aromatic N) is 2. The molecule has 226 valence electrons. The van der Waals surface area contributed by atoms with Crippen LogP contribution in [0.2, 0.25) is 0 Å². The number of aryl methyl sites for hydroxylation is 1. The number of aliphatic hydroxyl groups excluding tert-OH is 1. The number of hydrogen-bond acceptors (Lipinski definition) is 7. The zero-order chi connectivity index (χ0) is 30.2. The van der Waals surface area contributed by atoms with Gasteiger partial charge < -0.3 is 20.3 Å². The highest BCUT2D eigenvalue weighted by atomic mass is 16.5. The summed E-state index contributed by atoms with van der Waals surface area (Å²) in [7, 11) is 0. The van der Waals surface area contributed by atoms with Crippen molar-refractivity contribution in [2.45, 2.75) is 109 Å². The van der Waals surface area contributed by atoms with Gasteiger partial charge in [0.15, 0.2) is 11.7 Å². The number of ketones is 1. The van der Waals surface area contributed by atoms with Crippen LogP contribution < -0.4 is 15.2 Å². The van der Waals surface area contributed by atoms with Crippen LogP contribution in [0.15, 0.2) is 41.4 Å². The summed E-state index contributed by atoms with van der Waals surface area (Å²) in [4.78, 5) is 32.3. The minimum Gasteiger partial charge on any atom is -0.493 e. The minimum absolute atomic E-state index is 0.0300. The first kappa shape index (κ1) is 30.1. The highest BCUT2D eigenvalue weighted by molar-refractivity contribution is 6.00. The molecular weight excluding hydrogens is 530 g/mol. The molecule has 42 heavy (non-hydrogen) atoms. The van der Waals surface area contributed by atoms with Gasteiger partial charge in [0.25, 0.3) is 0 Å². The first-order chi connectivity index (χ1) is 20.0. The van der Waals surface area contributed by atoms with Gasteiger partial charge in [0.1, 0.15) is 17.6 Å². The summed E-state index contributed by atoms with van der Waals surface area (Å²) in [5.74, 6) is 2.11. The number of rotatable bonds is 9. The Morgan fingerprint density at radius 2 is 1.93 bits per heavy atom. The number of benzene rings is 2. The lowest BCUT2D eigenvalue weighted by Gasteiger charge is -2.42. The Morgan fingerprint density at radius 3 is 2.62 bits per heavy atom. The Labute approximate surface area is 249 Å². The molecule has 2 aromatic carbocycles. The molecule has 5 atom stereocenters. The maximum Gasteiger partial charge on any atom is 0.232 e. The highest BCUT2D eigenvalue weighted by Crippen LogP contribution is 2.42. The number of carbonyl (C=O) groups excluding carboxylic acids is 2. The fourth-order valence-electron chi connectivity index (χ4n) is 6.96. The van der Waals surface area contributed by atoms with Crippen molar-refractivity contribution in [2.75, 3.05) is 6.61 Å². The Hall–Kier alpha value is -3.39. The van der Waals surface area contributed by atoms with Gasteiger partial charge in [-0.1, -0.05) is 39.3 Å². The summed E-state index contributed by atoms with van der Waals surface area (Å²) in [5.41, 5.74) is 9.74. The molecule has 2 aromatic rings. The van der Waals surface area contributed by atoms with E-state index in [-0.39, 0.29) is 35.7 Å². The first-order valence-corrected chi connectivity index (χ1v) is 15.5. The second-order valence-corrected chi connectivity index (χ2v) is 12.6. The summed E-state index contributed by atoms with van der Waals surface area (Å²) in [6.07, 6.45) is 4.45. The molecule has 3 aliphatic heterocycles. The Morgan fingerprint density at radius 1 is 1.17 bits per heavy atom. The number of Topliss-reactive ketones (excluding diaryl/α,β-unsaturated/α-hetero) is 1. The predicted octanol–water partition coefficient (Wildman–Crippen LogP) is 5.70. The summed E-state index contributed by atoms with van der Waals surface area (Å²) < 4.78 is 11.8. The van der Waals surface area contributed by atoms with E-state index in [0.29, 0.717) is 36.7 Å². The fourth-order valence-corrected chi connectivity index (χ4v) is 6.96. The molecule has 3 unspecified atom stereocenters. The first-order valence-electron chi connectivity index (χ1n) is 15.5. The predicted molar refractivity (Wildman–Crippen MR) is 163 cm³/mol. The average Bonchev–Trinajstić information content (AvgIpc) is 2.95. The van der Waals surface area contributed by atoms with Crippen molar-refractivity contribution < 1.29 is 24.2 Å². The van der Waals surface area contributed by atoms with E-state index in [1.54, 1.807) is 17.0 Å². The van der Waals surface area contributed by atoms with E-state index < -0.39 is 11.6 Å². The molecule has 3 N–H and O–H groups in total. The van der Waals surface area contributed by atoms with Crippen molar-refractivity contribution in [3.8, 4) is 11.5 Å². The fraction of sp³-hybridized carbons (Fsp3) is 0.559. The molecule has 3 heterocycles. The smallest absolute Gasteiger partial charge is 0.232 e. The largest absolute Gasteiger partial charge is 0.493 e. The van der Waals surface area contributed by atoms with Crippen molar-refractivity contribution in [1.82, 2.24) is 4.90 Å². The molecule has 0 aliphatic carbocycles. The molecule has 0 saturated carbocycles. The second kappa shape index (κ2) is 12.1. The van der Waals surface area contributed by atoms with Gasteiger partial charge in [-0.2, -0.15) is 0 Å². The van der Waals surface area contributed by atoms with Crippen LogP contribution >= 0.6 is 0 Å². The molecule has 0 fully saturated rings. The Kier molecular flexibility index (Phi) is 8.65. The van der Waals surface area contributed by atoms with E-state index in [4.69, 9.17) is 20.2 Å². The second-order valence-electron chi connectivity index (χ2n) is 12.6. The quantitative estimate of drug-likeness (QED) is 0.293. The standard InChI is InChI=1S/C34H45N3O5/c1-6-34(15-8-7-9-23-10-12-29-26(17-23)31(20(2)3)32(40)22(5)42-29)19-30(39)37(33(35)36-34)27-14-16-41-28-13-11-24(21(4)38)18-25(27)28/h10-13,17-18,20,22,27,31-32,40H,6-9,14-16,19H2,1-5H3,(H2,35,36)/t22?,27-,31?,32?,34-/m1/s1. The van der Waals surface area contributed by atoms with Crippen LogP contribution in [0.1, 0.15) is 112 Å². The van der Waals surface area contributed by atoms with E-state index >= 15 is 0 Å². The van der Waals surface area contributed by atoms with Gasteiger partial charge >= 0.3 is 0 Å². The van der Waals surface area contributed by atoms with Gasteiger partial charge in [0.05, 0.1) is 30.7 Å². The number of ether oxygens (including phenoxy) is 2. The zero-order valence-electron chi connectivity index (χ0n) is 25.6. The topological polar surface area (TPSA) is 114 Å². The SMILES string of the molecule is CC[C@@]1(CCCCc2ccc3c(c2)C(C(C)C)C(O)C(C)O3)CC(=O)N([C@@H]2CCOc3ccc(C(C)=O)cc32)C(N)=N1. The third-order valence-electron chi connectivity index (χ3n) is 9.41. The van der Waals surface area contributed by atoms with Gasteiger partial charge in [-0.25, -0.2) is 4.99 Å². The van der Waals surface area contributed by atoms with Gasteiger partial charge in [0, 0.05) is 29.0 Å². The lowest BCUT2D eigenvalue weighted by Crippen LogP contribution is -2.53. The van der Waals surface area contributed by atoms with Crippen molar-refractivity contribution in [2.24, 2.45) is 16.6 Å². The molecule has 5 rings (SSSR count). The maximum atomic E-state index is 13.7. The van der Waals surface area contributed by atoms with E-state index in [1.807, 2.05) is 19.1 Å². The normalized spacial score (nSPS) is 27.1. The Bertz CT molecular complexity index is 1370. The van der Waals surface area contributed by atoms with Gasteiger partial charge in [0.2, 0.25) is 5.91 Å². The number of carbonyl (C=O) groups is 2. The molecule has 0 spiro atoms. The van der Waals surface area contributed by atoms with E-state index in [9.17, 15) is 14.7 Å². The lowest BCUT2D eigenvalue weighted by atomic mass is 9.79. The molecule has 0 saturated heterocycles. The minimum atomic E-state index is -0.519. The van der Waals surface area contributed by atoms with Crippen molar-refractivity contribution in [3.05, 3.63) is 58.7 Å². The number of fused-ring (bicyclic) bond motifs is 2. The molecule has 8 heteroatoms. The zero-order valence-corrected chi connectivity index (χ0v) is 25.6. The molecule has 1 amide bonds. The van der Waals surface area contributed by atoms with Gasteiger partial charge in [-0.3, -0.25) is 14.5 Å². The number of guanidine groups is 1.